The minimum absolute atomic E-state index is 0.0147. The predicted molar refractivity (Wildman–Crippen MR) is 66.3 cm³/mol. The number of amides is 1. The molecule has 8 nitrogen and oxygen atoms in total. The Labute approximate surface area is 114 Å². The molecule has 0 unspecified atom stereocenters. The zero-order chi connectivity index (χ0) is 15.1. The monoisotopic (exact) mass is 282 g/mol. The molecule has 108 valence electrons. The van der Waals surface area contributed by atoms with E-state index in [1.807, 2.05) is 0 Å². The van der Waals surface area contributed by atoms with Gasteiger partial charge in [0.05, 0.1) is 11.8 Å². The lowest BCUT2D eigenvalue weighted by Crippen LogP contribution is -2.40. The summed E-state index contributed by atoms with van der Waals surface area (Å²) in [5.41, 5.74) is -0.0931. The number of aliphatic carboxylic acids is 2. The van der Waals surface area contributed by atoms with E-state index < -0.39 is 23.9 Å². The lowest BCUT2D eigenvalue weighted by molar-refractivity contribution is -0.140. The maximum Gasteiger partial charge on any atom is 0.326 e. The van der Waals surface area contributed by atoms with Crippen molar-refractivity contribution < 1.29 is 29.7 Å². The highest BCUT2D eigenvalue weighted by molar-refractivity contribution is 5.98. The molecule has 20 heavy (non-hydrogen) atoms. The van der Waals surface area contributed by atoms with Crippen molar-refractivity contribution in [1.29, 1.82) is 0 Å². The average molecular weight is 282 g/mol. The molecule has 0 bridgehead atoms. The summed E-state index contributed by atoms with van der Waals surface area (Å²) in [7, 11) is 0. The van der Waals surface area contributed by atoms with Crippen molar-refractivity contribution in [2.45, 2.75) is 25.3 Å². The number of pyridine rings is 1. The van der Waals surface area contributed by atoms with Crippen molar-refractivity contribution in [2.75, 3.05) is 0 Å². The van der Waals surface area contributed by atoms with Crippen LogP contribution in [0.3, 0.4) is 0 Å². The fourth-order valence-corrected chi connectivity index (χ4v) is 1.53. The van der Waals surface area contributed by atoms with Gasteiger partial charge in [0.25, 0.3) is 5.91 Å². The Morgan fingerprint density at radius 1 is 1.30 bits per heavy atom. The number of carboxylic acids is 2. The molecule has 1 rings (SSSR count). The van der Waals surface area contributed by atoms with Crippen LogP contribution in [0.5, 0.6) is 5.75 Å². The summed E-state index contributed by atoms with van der Waals surface area (Å²) in [5, 5.41) is 29.1. The van der Waals surface area contributed by atoms with Gasteiger partial charge in [-0.2, -0.15) is 0 Å². The normalized spacial score (nSPS) is 11.6. The molecule has 1 atom stereocenters. The van der Waals surface area contributed by atoms with Crippen LogP contribution < -0.4 is 5.32 Å². The van der Waals surface area contributed by atoms with Gasteiger partial charge in [0, 0.05) is 12.6 Å². The fraction of sp³-hybridized carbons (Fsp3) is 0.333. The summed E-state index contributed by atoms with van der Waals surface area (Å²) < 4.78 is 0. The van der Waals surface area contributed by atoms with E-state index in [-0.39, 0.29) is 30.6 Å². The number of rotatable bonds is 7. The van der Waals surface area contributed by atoms with E-state index in [0.717, 1.165) is 6.20 Å². The number of carbonyl (C=O) groups is 3. The third-order valence-electron chi connectivity index (χ3n) is 2.53. The Morgan fingerprint density at radius 3 is 2.55 bits per heavy atom. The highest BCUT2D eigenvalue weighted by Gasteiger charge is 2.22. The van der Waals surface area contributed by atoms with E-state index in [1.165, 1.54) is 12.3 Å². The first-order valence-corrected chi connectivity index (χ1v) is 5.80. The van der Waals surface area contributed by atoms with Gasteiger partial charge in [-0.15, -0.1) is 0 Å². The number of hydrogen-bond donors (Lipinski definition) is 4. The van der Waals surface area contributed by atoms with Crippen molar-refractivity contribution >= 4 is 17.8 Å². The van der Waals surface area contributed by atoms with Crippen LogP contribution in [0.15, 0.2) is 18.5 Å². The number of carbonyl (C=O) groups excluding carboxylic acids is 1. The Bertz CT molecular complexity index is 516. The van der Waals surface area contributed by atoms with E-state index in [1.54, 1.807) is 0 Å². The Kier molecular flexibility index (Phi) is 5.45. The van der Waals surface area contributed by atoms with Gasteiger partial charge in [0.15, 0.2) is 0 Å². The summed E-state index contributed by atoms with van der Waals surface area (Å²) in [4.78, 5) is 36.8. The van der Waals surface area contributed by atoms with Crippen LogP contribution in [-0.4, -0.2) is 44.2 Å². The maximum absolute atomic E-state index is 11.8. The number of aromatic hydroxyl groups is 1. The second kappa shape index (κ2) is 7.07. The molecule has 0 saturated carbocycles. The minimum Gasteiger partial charge on any atom is -0.505 e. The van der Waals surface area contributed by atoms with Crippen LogP contribution in [-0.2, 0) is 9.59 Å². The van der Waals surface area contributed by atoms with Crippen LogP contribution in [0, 0.1) is 0 Å². The second-order valence-electron chi connectivity index (χ2n) is 4.04. The topological polar surface area (TPSA) is 137 Å². The highest BCUT2D eigenvalue weighted by atomic mass is 16.4. The summed E-state index contributed by atoms with van der Waals surface area (Å²) in [6.45, 7) is 0. The molecule has 0 spiro atoms. The lowest BCUT2D eigenvalue weighted by atomic mass is 10.1. The Morgan fingerprint density at radius 2 is 2.00 bits per heavy atom. The molecule has 0 aliphatic heterocycles. The van der Waals surface area contributed by atoms with E-state index >= 15 is 0 Å². The van der Waals surface area contributed by atoms with Gasteiger partial charge in [-0.1, -0.05) is 0 Å². The number of nitrogens with zero attached hydrogens (tertiary/aromatic N) is 1. The fourth-order valence-electron chi connectivity index (χ4n) is 1.53. The molecule has 0 fully saturated rings. The number of carboxylic acid groups (broad SMARTS) is 2. The van der Waals surface area contributed by atoms with Crippen molar-refractivity contribution in [3.05, 3.63) is 24.0 Å². The van der Waals surface area contributed by atoms with Crippen LogP contribution in [0.25, 0.3) is 0 Å². The molecular formula is C12H14N2O6. The third-order valence-corrected chi connectivity index (χ3v) is 2.53. The summed E-state index contributed by atoms with van der Waals surface area (Å²) in [6.07, 6.45) is 2.28. The molecule has 4 N–H and O–H groups in total. The smallest absolute Gasteiger partial charge is 0.326 e. The number of aromatic nitrogens is 1. The second-order valence-corrected chi connectivity index (χ2v) is 4.04. The van der Waals surface area contributed by atoms with Crippen LogP contribution in [0.4, 0.5) is 0 Å². The first kappa shape index (κ1) is 15.4. The summed E-state index contributed by atoms with van der Waals surface area (Å²) in [6, 6.07) is 0.0373. The van der Waals surface area contributed by atoms with Gasteiger partial charge >= 0.3 is 11.9 Å². The number of nitrogens with one attached hydrogen (secondary N) is 1. The molecule has 1 amide bonds. The largest absolute Gasteiger partial charge is 0.505 e. The third kappa shape index (κ3) is 4.56. The standard InChI is InChI=1S/C12H14N2O6/c15-9-6-13-5-4-7(9)11(18)14-8(12(19)20)2-1-3-10(16)17/h4-6,8,15H,1-3H2,(H,14,18)(H,16,17)(H,19,20)/t8-/m1/s1. The Balaban J connectivity index is 2.66. The molecule has 0 aliphatic rings. The molecule has 0 aliphatic carbocycles. The van der Waals surface area contributed by atoms with Crippen LogP contribution in [0.1, 0.15) is 29.6 Å². The van der Waals surface area contributed by atoms with Crippen LogP contribution in [0.2, 0.25) is 0 Å². The van der Waals surface area contributed by atoms with E-state index in [0.29, 0.717) is 0 Å². The van der Waals surface area contributed by atoms with Crippen molar-refractivity contribution in [3.63, 3.8) is 0 Å². The molecular weight excluding hydrogens is 268 g/mol. The summed E-state index contributed by atoms with van der Waals surface area (Å²) >= 11 is 0. The zero-order valence-electron chi connectivity index (χ0n) is 10.4. The van der Waals surface area contributed by atoms with E-state index in [9.17, 15) is 19.5 Å². The Hall–Kier alpha value is -2.64. The van der Waals surface area contributed by atoms with E-state index in [2.05, 4.69) is 10.3 Å². The molecule has 0 saturated heterocycles. The molecule has 0 radical (unpaired) electrons. The first-order chi connectivity index (χ1) is 9.41. The van der Waals surface area contributed by atoms with Gasteiger partial charge in [0.2, 0.25) is 0 Å². The minimum atomic E-state index is -1.27. The first-order valence-electron chi connectivity index (χ1n) is 5.80. The van der Waals surface area contributed by atoms with E-state index in [4.69, 9.17) is 10.2 Å². The predicted octanol–water partition coefficient (Wildman–Crippen LogP) is 0.225. The molecule has 0 aromatic carbocycles. The lowest BCUT2D eigenvalue weighted by Gasteiger charge is -2.14. The SMILES string of the molecule is O=C(O)CCC[C@@H](NC(=O)c1ccncc1O)C(=O)O. The zero-order valence-corrected chi connectivity index (χ0v) is 10.4. The molecule has 1 aromatic heterocycles. The number of hydrogen-bond acceptors (Lipinski definition) is 5. The van der Waals surface area contributed by atoms with Crippen molar-refractivity contribution in [3.8, 4) is 5.75 Å². The maximum atomic E-state index is 11.8. The molecule has 1 aromatic rings. The van der Waals surface area contributed by atoms with Gasteiger partial charge < -0.3 is 20.6 Å². The molecule has 1 heterocycles. The summed E-state index contributed by atoms with van der Waals surface area (Å²) in [5.74, 6) is -3.42. The average Bonchev–Trinajstić information content (AvgIpc) is 2.37. The van der Waals surface area contributed by atoms with Gasteiger partial charge in [0.1, 0.15) is 11.8 Å². The van der Waals surface area contributed by atoms with Gasteiger partial charge in [-0.05, 0) is 18.9 Å². The highest BCUT2D eigenvalue weighted by Crippen LogP contribution is 2.14. The van der Waals surface area contributed by atoms with Crippen molar-refractivity contribution in [2.24, 2.45) is 0 Å². The van der Waals surface area contributed by atoms with Gasteiger partial charge in [-0.3, -0.25) is 14.6 Å². The molecule has 8 heteroatoms. The van der Waals surface area contributed by atoms with Gasteiger partial charge in [-0.25, -0.2) is 4.79 Å². The quantitative estimate of drug-likeness (QED) is 0.561. The van der Waals surface area contributed by atoms with Crippen molar-refractivity contribution in [1.82, 2.24) is 10.3 Å². The van der Waals surface area contributed by atoms with Crippen LogP contribution >= 0.6 is 0 Å².